The number of hydrogen-bond acceptors (Lipinski definition) is 2. The Balaban J connectivity index is 1.54. The molecule has 0 radical (unpaired) electrons. The molecule has 2 amide bonds. The van der Waals surface area contributed by atoms with E-state index in [0.717, 1.165) is 33.4 Å². The third-order valence-corrected chi connectivity index (χ3v) is 9.81. The summed E-state index contributed by atoms with van der Waals surface area (Å²) in [7, 11) is -2.27. The van der Waals surface area contributed by atoms with Crippen molar-refractivity contribution in [2.45, 2.75) is 43.2 Å². The van der Waals surface area contributed by atoms with E-state index in [9.17, 15) is 4.79 Å². The fourth-order valence-corrected chi connectivity index (χ4v) is 8.25. The van der Waals surface area contributed by atoms with E-state index in [2.05, 4.69) is 103 Å². The molecular formula is C44H44N2O2Si. The fourth-order valence-electron chi connectivity index (χ4n) is 6.90. The molecule has 0 heterocycles. The van der Waals surface area contributed by atoms with E-state index in [1.807, 2.05) is 109 Å². The molecule has 0 saturated heterocycles. The molecular weight excluding hydrogens is 617 g/mol. The topological polar surface area (TPSA) is 50.4 Å². The quantitative estimate of drug-likeness (QED) is 0.101. The minimum absolute atomic E-state index is 0.298. The van der Waals surface area contributed by atoms with Crippen molar-refractivity contribution in [1.29, 1.82) is 0 Å². The van der Waals surface area contributed by atoms with Crippen LogP contribution in [0.3, 0.4) is 0 Å². The SMILES string of the molecule is C[Si](C)(C)OC(c1ccccc1)(c1ccccc1)[C@H](Cc1ccccc1)NC(=O)NC(c1ccccc1)(c1ccccc1)c1ccccc1. The van der Waals surface area contributed by atoms with Gasteiger partial charge in [0.05, 0.1) is 6.04 Å². The van der Waals surface area contributed by atoms with Crippen LogP contribution in [0.1, 0.15) is 33.4 Å². The van der Waals surface area contributed by atoms with E-state index >= 15 is 0 Å². The minimum atomic E-state index is -2.27. The Bertz CT molecular complexity index is 1760. The molecule has 0 bridgehead atoms. The number of urea groups is 1. The van der Waals surface area contributed by atoms with Crippen LogP contribution >= 0.6 is 0 Å². The van der Waals surface area contributed by atoms with E-state index in [0.29, 0.717) is 6.42 Å². The largest absolute Gasteiger partial charge is 0.402 e. The first kappa shape index (κ1) is 33.7. The molecule has 49 heavy (non-hydrogen) atoms. The van der Waals surface area contributed by atoms with Crippen LogP contribution in [-0.2, 0) is 22.0 Å². The maximum atomic E-state index is 15.0. The first-order valence-corrected chi connectivity index (χ1v) is 20.3. The van der Waals surface area contributed by atoms with Gasteiger partial charge in [-0.25, -0.2) is 4.79 Å². The molecule has 2 N–H and O–H groups in total. The highest BCUT2D eigenvalue weighted by atomic mass is 28.4. The predicted octanol–water partition coefficient (Wildman–Crippen LogP) is 9.68. The zero-order valence-corrected chi connectivity index (χ0v) is 29.4. The lowest BCUT2D eigenvalue weighted by molar-refractivity contribution is 0.0594. The number of amides is 2. The Morgan fingerprint density at radius 2 is 0.857 bits per heavy atom. The van der Waals surface area contributed by atoms with Gasteiger partial charge in [-0.2, -0.15) is 0 Å². The maximum absolute atomic E-state index is 15.0. The van der Waals surface area contributed by atoms with Gasteiger partial charge in [-0.15, -0.1) is 0 Å². The summed E-state index contributed by atoms with van der Waals surface area (Å²) >= 11 is 0. The summed E-state index contributed by atoms with van der Waals surface area (Å²) in [6.07, 6.45) is 0.539. The van der Waals surface area contributed by atoms with Gasteiger partial charge in [-0.1, -0.05) is 182 Å². The molecule has 0 aliphatic heterocycles. The average molecular weight is 661 g/mol. The Morgan fingerprint density at radius 1 is 0.531 bits per heavy atom. The number of carbonyl (C=O) groups is 1. The molecule has 0 aliphatic carbocycles. The second-order valence-electron chi connectivity index (χ2n) is 13.4. The normalized spacial score (nSPS) is 12.6. The van der Waals surface area contributed by atoms with Crippen molar-refractivity contribution >= 4 is 14.3 Å². The average Bonchev–Trinajstić information content (AvgIpc) is 3.14. The van der Waals surface area contributed by atoms with Gasteiger partial charge >= 0.3 is 6.03 Å². The summed E-state index contributed by atoms with van der Waals surface area (Å²) in [6, 6.07) is 60.8. The molecule has 0 fully saturated rings. The van der Waals surface area contributed by atoms with Crippen molar-refractivity contribution in [2.75, 3.05) is 0 Å². The van der Waals surface area contributed by atoms with Crippen LogP contribution in [0, 0.1) is 0 Å². The summed E-state index contributed by atoms with van der Waals surface area (Å²) < 4.78 is 7.41. The molecule has 0 aliphatic rings. The van der Waals surface area contributed by atoms with Gasteiger partial charge in [0.1, 0.15) is 11.1 Å². The van der Waals surface area contributed by atoms with Crippen molar-refractivity contribution in [3.05, 3.63) is 215 Å². The number of benzene rings is 6. The fraction of sp³-hybridized carbons (Fsp3) is 0.159. The van der Waals surface area contributed by atoms with Crippen molar-refractivity contribution in [1.82, 2.24) is 10.6 Å². The predicted molar refractivity (Wildman–Crippen MR) is 203 cm³/mol. The van der Waals surface area contributed by atoms with Crippen LogP contribution in [0.25, 0.3) is 0 Å². The second kappa shape index (κ2) is 14.9. The lowest BCUT2D eigenvalue weighted by atomic mass is 9.76. The van der Waals surface area contributed by atoms with E-state index < -0.39 is 25.5 Å². The molecule has 0 spiro atoms. The summed E-state index contributed by atoms with van der Waals surface area (Å²) in [5, 5.41) is 7.08. The maximum Gasteiger partial charge on any atom is 0.316 e. The van der Waals surface area contributed by atoms with Crippen LogP contribution in [0.4, 0.5) is 4.79 Å². The molecule has 0 aromatic heterocycles. The number of rotatable bonds is 12. The number of nitrogens with one attached hydrogen (secondary N) is 2. The molecule has 0 saturated carbocycles. The van der Waals surface area contributed by atoms with Crippen LogP contribution in [0.2, 0.25) is 19.6 Å². The molecule has 1 atom stereocenters. The van der Waals surface area contributed by atoms with Gasteiger partial charge in [0, 0.05) is 0 Å². The zero-order chi connectivity index (χ0) is 34.2. The van der Waals surface area contributed by atoms with E-state index in [-0.39, 0.29) is 6.03 Å². The van der Waals surface area contributed by atoms with Crippen molar-refractivity contribution in [3.8, 4) is 0 Å². The summed E-state index contributed by atoms with van der Waals surface area (Å²) in [4.78, 5) is 15.0. The lowest BCUT2D eigenvalue weighted by Crippen LogP contribution is -2.61. The van der Waals surface area contributed by atoms with Crippen molar-refractivity contribution in [3.63, 3.8) is 0 Å². The number of hydrogen-bond donors (Lipinski definition) is 2. The van der Waals surface area contributed by atoms with Crippen LogP contribution in [-0.4, -0.2) is 20.4 Å². The summed E-state index contributed by atoms with van der Waals surface area (Å²) in [5.74, 6) is 0. The van der Waals surface area contributed by atoms with Crippen LogP contribution < -0.4 is 10.6 Å². The molecule has 0 unspecified atom stereocenters. The third kappa shape index (κ3) is 7.44. The summed E-state index contributed by atoms with van der Waals surface area (Å²) in [5.41, 5.74) is 3.98. The van der Waals surface area contributed by atoms with Crippen LogP contribution in [0.15, 0.2) is 182 Å². The van der Waals surface area contributed by atoms with Gasteiger partial charge < -0.3 is 15.1 Å². The third-order valence-electron chi connectivity index (χ3n) is 8.87. The van der Waals surface area contributed by atoms with E-state index in [4.69, 9.17) is 4.43 Å². The lowest BCUT2D eigenvalue weighted by Gasteiger charge is -2.46. The monoisotopic (exact) mass is 660 g/mol. The van der Waals surface area contributed by atoms with Crippen molar-refractivity contribution in [2.24, 2.45) is 0 Å². The smallest absolute Gasteiger partial charge is 0.316 e. The minimum Gasteiger partial charge on any atom is -0.402 e. The molecule has 246 valence electrons. The van der Waals surface area contributed by atoms with Gasteiger partial charge in [-0.05, 0) is 59.4 Å². The molecule has 6 aromatic carbocycles. The zero-order valence-electron chi connectivity index (χ0n) is 28.4. The number of carbonyl (C=O) groups excluding carboxylic acids is 1. The van der Waals surface area contributed by atoms with Crippen LogP contribution in [0.5, 0.6) is 0 Å². The highest BCUT2D eigenvalue weighted by Gasteiger charge is 2.48. The van der Waals surface area contributed by atoms with Gasteiger partial charge in [0.25, 0.3) is 0 Å². The first-order valence-electron chi connectivity index (χ1n) is 16.9. The molecule has 4 nitrogen and oxygen atoms in total. The second-order valence-corrected chi connectivity index (χ2v) is 17.8. The van der Waals surface area contributed by atoms with Gasteiger partial charge in [0.15, 0.2) is 8.32 Å². The highest BCUT2D eigenvalue weighted by molar-refractivity contribution is 6.69. The van der Waals surface area contributed by atoms with Gasteiger partial charge in [-0.3, -0.25) is 0 Å². The molecule has 6 rings (SSSR count). The Hall–Kier alpha value is -5.23. The van der Waals surface area contributed by atoms with Gasteiger partial charge in [0.2, 0.25) is 0 Å². The Morgan fingerprint density at radius 3 is 1.20 bits per heavy atom. The van der Waals surface area contributed by atoms with E-state index in [1.165, 1.54) is 0 Å². The van der Waals surface area contributed by atoms with E-state index in [1.54, 1.807) is 0 Å². The first-order chi connectivity index (χ1) is 23.8. The standard InChI is InChI=1S/C44H44N2O2Si/c1-49(2,3)48-44(39-30-18-8-19-31-39,40-32-20-9-21-33-40)41(34-35-22-10-4-11-23-35)45-42(47)46-43(36-24-12-5-13-25-36,37-26-14-6-15-27-37)38-28-16-7-17-29-38/h4-33,41H,34H2,1-3H3,(H2,45,46,47)/t41-/m0/s1. The molecule has 6 aromatic rings. The Labute approximate surface area is 292 Å². The van der Waals surface area contributed by atoms with Crippen molar-refractivity contribution < 1.29 is 9.22 Å². The molecule has 5 heteroatoms. The highest BCUT2D eigenvalue weighted by Crippen LogP contribution is 2.42. The summed E-state index contributed by atoms with van der Waals surface area (Å²) in [6.45, 7) is 6.62. The Kier molecular flexibility index (Phi) is 10.2.